The number of amides is 2. The van der Waals surface area contributed by atoms with Gasteiger partial charge in [0.1, 0.15) is 27.4 Å². The Morgan fingerprint density at radius 3 is 1.60 bits per heavy atom. The third kappa shape index (κ3) is 9.31. The number of carbonyl (C=O) groups excluding carboxylic acids is 8. The highest BCUT2D eigenvalue weighted by Gasteiger charge is 2.44. The highest BCUT2D eigenvalue weighted by Crippen LogP contribution is 2.28. The second-order valence-corrected chi connectivity index (χ2v) is 13.2. The van der Waals surface area contributed by atoms with Crippen molar-refractivity contribution in [1.29, 1.82) is 0 Å². The lowest BCUT2D eigenvalue weighted by atomic mass is 10.1. The summed E-state index contributed by atoms with van der Waals surface area (Å²) in [6, 6.07) is 12.4. The van der Waals surface area contributed by atoms with E-state index >= 15 is 0 Å². The van der Waals surface area contributed by atoms with Crippen LogP contribution in [-0.2, 0) is 33.7 Å². The van der Waals surface area contributed by atoms with Crippen molar-refractivity contribution in [3.05, 3.63) is 94.5 Å². The van der Waals surface area contributed by atoms with E-state index in [0.29, 0.717) is 4.90 Å². The van der Waals surface area contributed by atoms with Crippen LogP contribution in [0.3, 0.4) is 0 Å². The van der Waals surface area contributed by atoms with E-state index < -0.39 is 88.5 Å². The smallest absolute Gasteiger partial charge is 0.338 e. The Kier molecular flexibility index (Phi) is 11.4. The van der Waals surface area contributed by atoms with Gasteiger partial charge in [0, 0.05) is 31.2 Å². The molecule has 0 aromatic heterocycles. The molecule has 16 heteroatoms. The summed E-state index contributed by atoms with van der Waals surface area (Å²) in [5.41, 5.74) is -0.453. The average molecular weight is 708 g/mol. The van der Waals surface area contributed by atoms with Crippen LogP contribution >= 0.6 is 0 Å². The van der Waals surface area contributed by atoms with Crippen molar-refractivity contribution in [2.24, 2.45) is 0 Å². The van der Waals surface area contributed by atoms with E-state index in [1.165, 1.54) is 68.4 Å². The monoisotopic (exact) mass is 707 g/mol. The fourth-order valence-corrected chi connectivity index (χ4v) is 5.36. The number of benzene rings is 3. The minimum absolute atomic E-state index is 0.0837. The van der Waals surface area contributed by atoms with Crippen molar-refractivity contribution in [3.63, 3.8) is 0 Å². The quantitative estimate of drug-likeness (QED) is 0.102. The largest absolute Gasteiger partial charge is 0.456 e. The Labute approximate surface area is 285 Å². The standard InChI is InChI=1S/C34H29NO14S/c1-19(36)48-24-9-4-21(5-10-24)29(38)17-46-33(42)23-8-13-26-27(16-23)32(41)35(31(26)40)28(14-15-50(3,44)45)34(43)47-18-30(39)22-6-11-25(12-7-22)49-20(2)37/h4-13,16,28H,14-15,17-18H2,1-3H3/t28-/m0/s1. The number of carbonyl (C=O) groups is 8. The molecule has 2 amide bonds. The lowest BCUT2D eigenvalue weighted by Gasteiger charge is -2.24. The number of Topliss-reactive ketones (excluding diaryl/α,β-unsaturated/α-hetero) is 2. The van der Waals surface area contributed by atoms with Crippen molar-refractivity contribution in [2.45, 2.75) is 26.3 Å². The summed E-state index contributed by atoms with van der Waals surface area (Å²) >= 11 is 0. The zero-order valence-corrected chi connectivity index (χ0v) is 27.6. The Morgan fingerprint density at radius 2 is 1.12 bits per heavy atom. The number of fused-ring (bicyclic) bond motifs is 1. The minimum Gasteiger partial charge on any atom is -0.456 e. The minimum atomic E-state index is -3.70. The molecule has 1 heterocycles. The van der Waals surface area contributed by atoms with Gasteiger partial charge in [-0.05, 0) is 73.2 Å². The highest BCUT2D eigenvalue weighted by atomic mass is 32.2. The summed E-state index contributed by atoms with van der Waals surface area (Å²) < 4.78 is 43.9. The Hall–Kier alpha value is -6.03. The fraction of sp³-hybridized carbons (Fsp3) is 0.235. The molecule has 1 aliphatic rings. The third-order valence-electron chi connectivity index (χ3n) is 7.06. The van der Waals surface area contributed by atoms with Crippen LogP contribution in [-0.4, -0.2) is 91.8 Å². The van der Waals surface area contributed by atoms with E-state index in [4.69, 9.17) is 18.9 Å². The maximum Gasteiger partial charge on any atom is 0.338 e. The zero-order valence-electron chi connectivity index (χ0n) is 26.8. The number of hydrogen-bond acceptors (Lipinski definition) is 14. The molecule has 0 bridgehead atoms. The molecule has 0 saturated heterocycles. The second-order valence-electron chi connectivity index (χ2n) is 10.9. The number of imide groups is 1. The molecule has 4 rings (SSSR count). The van der Waals surface area contributed by atoms with Gasteiger partial charge in [-0.3, -0.25) is 33.7 Å². The molecular weight excluding hydrogens is 678 g/mol. The normalized spacial score (nSPS) is 12.8. The van der Waals surface area contributed by atoms with Gasteiger partial charge in [-0.2, -0.15) is 0 Å². The van der Waals surface area contributed by atoms with Gasteiger partial charge in [0.05, 0.1) is 22.4 Å². The van der Waals surface area contributed by atoms with E-state index in [9.17, 15) is 46.8 Å². The van der Waals surface area contributed by atoms with E-state index in [1.807, 2.05) is 0 Å². The van der Waals surface area contributed by atoms with Gasteiger partial charge in [-0.1, -0.05) is 0 Å². The molecule has 50 heavy (non-hydrogen) atoms. The van der Waals surface area contributed by atoms with Gasteiger partial charge >= 0.3 is 23.9 Å². The molecular formula is C34H29NO14S. The van der Waals surface area contributed by atoms with E-state index in [2.05, 4.69) is 0 Å². The second kappa shape index (κ2) is 15.5. The zero-order chi connectivity index (χ0) is 36.7. The van der Waals surface area contributed by atoms with Crippen LogP contribution in [0.4, 0.5) is 0 Å². The number of nitrogens with zero attached hydrogens (tertiary/aromatic N) is 1. The number of esters is 4. The highest BCUT2D eigenvalue weighted by molar-refractivity contribution is 7.90. The lowest BCUT2D eigenvalue weighted by molar-refractivity contribution is -0.147. The fourth-order valence-electron chi connectivity index (χ4n) is 4.71. The van der Waals surface area contributed by atoms with Crippen LogP contribution in [0.15, 0.2) is 66.7 Å². The molecule has 1 atom stereocenters. The Morgan fingerprint density at radius 1 is 0.660 bits per heavy atom. The predicted molar refractivity (Wildman–Crippen MR) is 170 cm³/mol. The first-order chi connectivity index (χ1) is 23.5. The van der Waals surface area contributed by atoms with Crippen LogP contribution in [0.5, 0.6) is 11.5 Å². The molecule has 1 aliphatic heterocycles. The van der Waals surface area contributed by atoms with Gasteiger partial charge < -0.3 is 18.9 Å². The summed E-state index contributed by atoms with van der Waals surface area (Å²) in [5, 5.41) is 0. The number of sulfone groups is 1. The van der Waals surface area contributed by atoms with Crippen LogP contribution in [0, 0.1) is 0 Å². The Balaban J connectivity index is 1.45. The van der Waals surface area contributed by atoms with Gasteiger partial charge in [0.25, 0.3) is 11.8 Å². The molecule has 15 nitrogen and oxygen atoms in total. The maximum atomic E-state index is 13.5. The summed E-state index contributed by atoms with van der Waals surface area (Å²) in [4.78, 5) is 101. The summed E-state index contributed by atoms with van der Waals surface area (Å²) in [6.07, 6.45) is 0.342. The molecule has 0 aliphatic carbocycles. The predicted octanol–water partition coefficient (Wildman–Crippen LogP) is 2.40. The van der Waals surface area contributed by atoms with Crippen molar-refractivity contribution < 1.29 is 65.7 Å². The number of ketones is 2. The molecule has 0 radical (unpaired) electrons. The summed E-state index contributed by atoms with van der Waals surface area (Å²) in [7, 11) is -3.70. The molecule has 0 N–H and O–H groups in total. The summed E-state index contributed by atoms with van der Waals surface area (Å²) in [5.74, 6) is -6.87. The topological polar surface area (TPSA) is 211 Å². The molecule has 0 saturated carbocycles. The molecule has 3 aromatic carbocycles. The third-order valence-corrected chi connectivity index (χ3v) is 8.03. The molecule has 260 valence electrons. The SMILES string of the molecule is CC(=O)Oc1ccc(C(=O)COC(=O)c2ccc3c(c2)C(=O)N([C@@H](CCS(C)(=O)=O)C(=O)OCC(=O)c2ccc(OC(C)=O)cc2)C3=O)cc1. The van der Waals surface area contributed by atoms with Gasteiger partial charge in [0.15, 0.2) is 24.8 Å². The van der Waals surface area contributed by atoms with Crippen LogP contribution in [0.25, 0.3) is 0 Å². The first kappa shape index (κ1) is 36.8. The average Bonchev–Trinajstić information content (AvgIpc) is 3.30. The van der Waals surface area contributed by atoms with E-state index in [0.717, 1.165) is 18.4 Å². The van der Waals surface area contributed by atoms with Crippen molar-refractivity contribution in [3.8, 4) is 11.5 Å². The number of rotatable bonds is 14. The Bertz CT molecular complexity index is 2000. The number of ether oxygens (including phenoxy) is 4. The van der Waals surface area contributed by atoms with Crippen LogP contribution < -0.4 is 9.47 Å². The molecule has 3 aromatic rings. The van der Waals surface area contributed by atoms with E-state index in [-0.39, 0.29) is 39.3 Å². The summed E-state index contributed by atoms with van der Waals surface area (Å²) in [6.45, 7) is 0.906. The van der Waals surface area contributed by atoms with Gasteiger partial charge in [-0.15, -0.1) is 0 Å². The van der Waals surface area contributed by atoms with Crippen molar-refractivity contribution >= 4 is 57.1 Å². The first-order valence-corrected chi connectivity index (χ1v) is 16.8. The van der Waals surface area contributed by atoms with E-state index in [1.54, 1.807) is 0 Å². The first-order valence-electron chi connectivity index (χ1n) is 14.7. The van der Waals surface area contributed by atoms with Crippen molar-refractivity contribution in [2.75, 3.05) is 25.2 Å². The van der Waals surface area contributed by atoms with Crippen molar-refractivity contribution in [1.82, 2.24) is 4.90 Å². The molecule has 0 spiro atoms. The van der Waals surface area contributed by atoms with Crippen LogP contribution in [0.2, 0.25) is 0 Å². The van der Waals surface area contributed by atoms with Gasteiger partial charge in [-0.25, -0.2) is 18.0 Å². The van der Waals surface area contributed by atoms with Crippen LogP contribution in [0.1, 0.15) is 72.1 Å². The molecule has 0 unspecified atom stereocenters. The maximum absolute atomic E-state index is 13.5. The number of hydrogen-bond donors (Lipinski definition) is 0. The molecule has 0 fully saturated rings. The lowest BCUT2D eigenvalue weighted by Crippen LogP contribution is -2.46. The van der Waals surface area contributed by atoms with Gasteiger partial charge in [0.2, 0.25) is 0 Å².